The molecule has 138 valence electrons. The Kier molecular flexibility index (Phi) is 4.59. The highest BCUT2D eigenvalue weighted by atomic mass is 19.2. The molecule has 0 aliphatic heterocycles. The lowest BCUT2D eigenvalue weighted by atomic mass is 10.2. The molecule has 0 spiro atoms. The van der Waals surface area contributed by atoms with E-state index >= 15 is 0 Å². The van der Waals surface area contributed by atoms with E-state index < -0.39 is 17.5 Å². The van der Waals surface area contributed by atoms with Crippen LogP contribution in [0.25, 0.3) is 10.9 Å². The average molecular weight is 377 g/mol. The molecule has 2 heterocycles. The summed E-state index contributed by atoms with van der Waals surface area (Å²) >= 11 is 0. The molecule has 0 saturated carbocycles. The van der Waals surface area contributed by atoms with Crippen molar-refractivity contribution in [2.75, 3.05) is 10.6 Å². The molecule has 4 rings (SSSR count). The summed E-state index contributed by atoms with van der Waals surface area (Å²) in [6.07, 6.45) is 1.70. The third-order valence-electron chi connectivity index (χ3n) is 3.98. The zero-order chi connectivity index (χ0) is 19.5. The first-order valence-corrected chi connectivity index (χ1v) is 8.31. The molecular weight excluding hydrogens is 364 g/mol. The van der Waals surface area contributed by atoms with E-state index in [2.05, 4.69) is 25.8 Å². The van der Waals surface area contributed by atoms with Gasteiger partial charge in [0.15, 0.2) is 23.3 Å². The Morgan fingerprint density at radius 2 is 1.64 bits per heavy atom. The van der Waals surface area contributed by atoms with E-state index in [-0.39, 0.29) is 11.4 Å². The summed E-state index contributed by atoms with van der Waals surface area (Å²) in [5.74, 6) is -2.09. The first kappa shape index (κ1) is 17.5. The standard InChI is InChI=1S/C20H13F2N5O/c21-14-7-6-13(11-15(14)22)20(28)25-18-9-8-17(26-27-18)24-16-5-1-3-12-4-2-10-23-19(12)16/h1-11H,(H,24,26)(H,25,27,28). The highest BCUT2D eigenvalue weighted by Crippen LogP contribution is 2.23. The Morgan fingerprint density at radius 3 is 2.43 bits per heavy atom. The van der Waals surface area contributed by atoms with Crippen LogP contribution >= 0.6 is 0 Å². The van der Waals surface area contributed by atoms with E-state index in [0.29, 0.717) is 5.82 Å². The number of hydrogen-bond donors (Lipinski definition) is 2. The lowest BCUT2D eigenvalue weighted by Crippen LogP contribution is -2.14. The Bertz CT molecular complexity index is 1160. The summed E-state index contributed by atoms with van der Waals surface area (Å²) in [6, 6.07) is 15.6. The van der Waals surface area contributed by atoms with Crippen molar-refractivity contribution in [3.05, 3.63) is 84.1 Å². The molecule has 2 N–H and O–H groups in total. The van der Waals surface area contributed by atoms with Crippen molar-refractivity contribution in [2.45, 2.75) is 0 Å². The predicted molar refractivity (Wildman–Crippen MR) is 101 cm³/mol. The smallest absolute Gasteiger partial charge is 0.256 e. The van der Waals surface area contributed by atoms with Gasteiger partial charge in [-0.3, -0.25) is 9.78 Å². The summed E-state index contributed by atoms with van der Waals surface area (Å²) in [4.78, 5) is 16.5. The third-order valence-corrected chi connectivity index (χ3v) is 3.98. The quantitative estimate of drug-likeness (QED) is 0.554. The maximum atomic E-state index is 13.3. The maximum Gasteiger partial charge on any atom is 0.256 e. The summed E-state index contributed by atoms with van der Waals surface area (Å²) < 4.78 is 26.2. The highest BCUT2D eigenvalue weighted by molar-refractivity contribution is 6.03. The van der Waals surface area contributed by atoms with Crippen molar-refractivity contribution in [1.29, 1.82) is 0 Å². The van der Waals surface area contributed by atoms with Gasteiger partial charge in [-0.05, 0) is 42.5 Å². The van der Waals surface area contributed by atoms with Gasteiger partial charge in [-0.25, -0.2) is 8.78 Å². The molecule has 0 atom stereocenters. The zero-order valence-corrected chi connectivity index (χ0v) is 14.4. The van der Waals surface area contributed by atoms with Gasteiger partial charge in [0.05, 0.1) is 11.2 Å². The molecule has 8 heteroatoms. The molecule has 0 aliphatic rings. The lowest BCUT2D eigenvalue weighted by Gasteiger charge is -2.09. The van der Waals surface area contributed by atoms with E-state index in [9.17, 15) is 13.6 Å². The molecule has 0 unspecified atom stereocenters. The van der Waals surface area contributed by atoms with Crippen LogP contribution in [0.2, 0.25) is 0 Å². The first-order chi connectivity index (χ1) is 13.6. The minimum Gasteiger partial charge on any atom is -0.337 e. The number of pyridine rings is 1. The molecule has 0 aliphatic carbocycles. The van der Waals surface area contributed by atoms with E-state index in [4.69, 9.17) is 0 Å². The fourth-order valence-electron chi connectivity index (χ4n) is 2.63. The zero-order valence-electron chi connectivity index (χ0n) is 14.4. The monoisotopic (exact) mass is 377 g/mol. The number of nitrogens with zero attached hydrogens (tertiary/aromatic N) is 3. The number of carbonyl (C=O) groups excluding carboxylic acids is 1. The lowest BCUT2D eigenvalue weighted by molar-refractivity contribution is 0.102. The van der Waals surface area contributed by atoms with Crippen molar-refractivity contribution in [3.8, 4) is 0 Å². The van der Waals surface area contributed by atoms with Crippen LogP contribution in [-0.4, -0.2) is 21.1 Å². The number of anilines is 3. The van der Waals surface area contributed by atoms with Crippen molar-refractivity contribution < 1.29 is 13.6 Å². The Hall–Kier alpha value is -3.94. The molecular formula is C20H13F2N5O. The molecule has 2 aromatic carbocycles. The second-order valence-electron chi connectivity index (χ2n) is 5.89. The number of rotatable bonds is 4. The Morgan fingerprint density at radius 1 is 0.857 bits per heavy atom. The summed E-state index contributed by atoms with van der Waals surface area (Å²) in [6.45, 7) is 0. The molecule has 2 aromatic heterocycles. The van der Waals surface area contributed by atoms with Crippen molar-refractivity contribution in [3.63, 3.8) is 0 Å². The highest BCUT2D eigenvalue weighted by Gasteiger charge is 2.11. The fourth-order valence-corrected chi connectivity index (χ4v) is 2.63. The SMILES string of the molecule is O=C(Nc1ccc(Nc2cccc3cccnc23)nn1)c1ccc(F)c(F)c1. The topological polar surface area (TPSA) is 79.8 Å². The average Bonchev–Trinajstić information content (AvgIpc) is 2.72. The maximum absolute atomic E-state index is 13.3. The van der Waals surface area contributed by atoms with Gasteiger partial charge in [0, 0.05) is 17.1 Å². The van der Waals surface area contributed by atoms with Crippen molar-refractivity contribution in [1.82, 2.24) is 15.2 Å². The van der Waals surface area contributed by atoms with E-state index in [1.807, 2.05) is 30.3 Å². The van der Waals surface area contributed by atoms with Crippen LogP contribution in [0, 0.1) is 11.6 Å². The fraction of sp³-hybridized carbons (Fsp3) is 0. The number of halogens is 2. The molecule has 28 heavy (non-hydrogen) atoms. The Balaban J connectivity index is 1.49. The van der Waals surface area contributed by atoms with Crippen molar-refractivity contribution in [2.24, 2.45) is 0 Å². The van der Waals surface area contributed by atoms with Crippen LogP contribution in [0.3, 0.4) is 0 Å². The van der Waals surface area contributed by atoms with Gasteiger partial charge < -0.3 is 10.6 Å². The summed E-state index contributed by atoms with van der Waals surface area (Å²) in [7, 11) is 0. The van der Waals surface area contributed by atoms with Gasteiger partial charge in [0.1, 0.15) is 0 Å². The van der Waals surface area contributed by atoms with Gasteiger partial charge in [0.2, 0.25) is 0 Å². The Labute approximate surface area is 158 Å². The number of benzene rings is 2. The van der Waals surface area contributed by atoms with Crippen LogP contribution in [0.5, 0.6) is 0 Å². The van der Waals surface area contributed by atoms with Crippen molar-refractivity contribution >= 4 is 34.1 Å². The van der Waals surface area contributed by atoms with Gasteiger partial charge in [-0.15, -0.1) is 10.2 Å². The molecule has 0 saturated heterocycles. The van der Waals surface area contributed by atoms with Crippen LogP contribution in [0.4, 0.5) is 26.1 Å². The van der Waals surface area contributed by atoms with Crippen LogP contribution in [-0.2, 0) is 0 Å². The normalized spacial score (nSPS) is 10.6. The van der Waals surface area contributed by atoms with Gasteiger partial charge in [0.25, 0.3) is 5.91 Å². The second-order valence-corrected chi connectivity index (χ2v) is 5.89. The second kappa shape index (κ2) is 7.36. The number of carbonyl (C=O) groups is 1. The number of aromatic nitrogens is 3. The van der Waals surface area contributed by atoms with Crippen LogP contribution in [0.1, 0.15) is 10.4 Å². The number of fused-ring (bicyclic) bond motifs is 1. The van der Waals surface area contributed by atoms with E-state index in [1.165, 1.54) is 6.07 Å². The third kappa shape index (κ3) is 3.61. The largest absolute Gasteiger partial charge is 0.337 e. The molecule has 1 amide bonds. The van der Waals surface area contributed by atoms with Crippen LogP contribution < -0.4 is 10.6 Å². The molecule has 0 radical (unpaired) electrons. The van der Waals surface area contributed by atoms with E-state index in [0.717, 1.165) is 28.7 Å². The predicted octanol–water partition coefficient (Wildman–Crippen LogP) is 4.30. The van der Waals surface area contributed by atoms with E-state index in [1.54, 1.807) is 18.3 Å². The summed E-state index contributed by atoms with van der Waals surface area (Å²) in [5, 5.41) is 14.5. The molecule has 0 fully saturated rings. The van der Waals surface area contributed by atoms with Crippen LogP contribution in [0.15, 0.2) is 66.9 Å². The minimum absolute atomic E-state index is 0.0234. The van der Waals surface area contributed by atoms with Gasteiger partial charge in [-0.2, -0.15) is 0 Å². The molecule has 4 aromatic rings. The van der Waals surface area contributed by atoms with Gasteiger partial charge >= 0.3 is 0 Å². The number of nitrogens with one attached hydrogen (secondary N) is 2. The molecule has 0 bridgehead atoms. The summed E-state index contributed by atoms with van der Waals surface area (Å²) in [5.41, 5.74) is 1.54. The minimum atomic E-state index is -1.10. The van der Waals surface area contributed by atoms with Gasteiger partial charge in [-0.1, -0.05) is 18.2 Å². The molecule has 6 nitrogen and oxygen atoms in total. The number of hydrogen-bond acceptors (Lipinski definition) is 5. The number of amides is 1. The first-order valence-electron chi connectivity index (χ1n) is 8.31. The number of para-hydroxylation sites is 1.